The topological polar surface area (TPSA) is 15.3 Å². The molecule has 0 saturated carbocycles. The second-order valence-electron chi connectivity index (χ2n) is 3.47. The Kier molecular flexibility index (Phi) is 1.91. The van der Waals surface area contributed by atoms with Gasteiger partial charge in [-0.25, -0.2) is 0 Å². The van der Waals surface area contributed by atoms with Gasteiger partial charge in [-0.1, -0.05) is 0 Å². The van der Waals surface area contributed by atoms with Gasteiger partial charge in [-0.15, -0.1) is 11.3 Å². The van der Waals surface area contributed by atoms with Crippen LogP contribution in [0.2, 0.25) is 0 Å². The molecule has 4 heteroatoms. The van der Waals surface area contributed by atoms with E-state index >= 15 is 0 Å². The number of anilines is 2. The first-order chi connectivity index (χ1) is 6.45. The predicted octanol–water partition coefficient (Wildman–Crippen LogP) is 2.10. The summed E-state index contributed by atoms with van der Waals surface area (Å²) in [5.74, 6) is 2.56. The minimum Gasteiger partial charge on any atom is -0.381 e. The Balaban J connectivity index is 1.97. The Morgan fingerprint density at radius 2 is 2.46 bits per heavy atom. The maximum atomic E-state index is 3.50. The molecule has 0 amide bonds. The van der Waals surface area contributed by atoms with Crippen molar-refractivity contribution in [1.29, 1.82) is 0 Å². The average molecular weight is 212 g/mol. The summed E-state index contributed by atoms with van der Waals surface area (Å²) in [6, 6.07) is 0.723. The van der Waals surface area contributed by atoms with Gasteiger partial charge >= 0.3 is 0 Å². The van der Waals surface area contributed by atoms with E-state index in [2.05, 4.69) is 32.7 Å². The van der Waals surface area contributed by atoms with Crippen LogP contribution in [0.25, 0.3) is 0 Å². The highest BCUT2D eigenvalue weighted by atomic mass is 32.2. The van der Waals surface area contributed by atoms with Crippen molar-refractivity contribution in [2.45, 2.75) is 6.04 Å². The SMILES string of the molecule is c1scc2c1NCC1CSCCN21. The summed E-state index contributed by atoms with van der Waals surface area (Å²) >= 11 is 3.88. The summed E-state index contributed by atoms with van der Waals surface area (Å²) in [7, 11) is 0. The van der Waals surface area contributed by atoms with Gasteiger partial charge in [0.15, 0.2) is 0 Å². The van der Waals surface area contributed by atoms with Gasteiger partial charge < -0.3 is 10.2 Å². The van der Waals surface area contributed by atoms with Crippen molar-refractivity contribution in [3.8, 4) is 0 Å². The van der Waals surface area contributed by atoms with Crippen molar-refractivity contribution in [1.82, 2.24) is 0 Å². The lowest BCUT2D eigenvalue weighted by Crippen LogP contribution is -2.49. The van der Waals surface area contributed by atoms with Gasteiger partial charge in [0.25, 0.3) is 0 Å². The number of thioether (sulfide) groups is 1. The third-order valence-electron chi connectivity index (χ3n) is 2.71. The van der Waals surface area contributed by atoms with E-state index in [4.69, 9.17) is 0 Å². The lowest BCUT2D eigenvalue weighted by Gasteiger charge is -2.40. The second-order valence-corrected chi connectivity index (χ2v) is 5.37. The molecule has 1 unspecified atom stereocenters. The van der Waals surface area contributed by atoms with Crippen LogP contribution in [0.15, 0.2) is 10.8 Å². The number of hydrogen-bond donors (Lipinski definition) is 1. The Hall–Kier alpha value is -0.350. The van der Waals surface area contributed by atoms with Crippen molar-refractivity contribution in [2.24, 2.45) is 0 Å². The highest BCUT2D eigenvalue weighted by molar-refractivity contribution is 7.99. The summed E-state index contributed by atoms with van der Waals surface area (Å²) in [5.41, 5.74) is 2.77. The molecule has 0 aromatic carbocycles. The van der Waals surface area contributed by atoms with E-state index in [1.165, 1.54) is 29.4 Å². The van der Waals surface area contributed by atoms with Crippen LogP contribution in [-0.2, 0) is 0 Å². The molecule has 1 saturated heterocycles. The predicted molar refractivity (Wildman–Crippen MR) is 61.3 cm³/mol. The lowest BCUT2D eigenvalue weighted by molar-refractivity contribution is 0.658. The number of hydrogen-bond acceptors (Lipinski definition) is 4. The molecule has 2 aliphatic heterocycles. The van der Waals surface area contributed by atoms with E-state index in [1.807, 2.05) is 0 Å². The fourth-order valence-corrected chi connectivity index (χ4v) is 3.88. The molecule has 1 N–H and O–H groups in total. The van der Waals surface area contributed by atoms with Crippen LogP contribution in [0, 0.1) is 0 Å². The minimum atomic E-state index is 0.723. The fraction of sp³-hybridized carbons (Fsp3) is 0.556. The first-order valence-electron chi connectivity index (χ1n) is 4.59. The van der Waals surface area contributed by atoms with Crippen molar-refractivity contribution in [2.75, 3.05) is 34.8 Å². The van der Waals surface area contributed by atoms with Gasteiger partial charge in [0.1, 0.15) is 0 Å². The highest BCUT2D eigenvalue weighted by Crippen LogP contribution is 2.37. The van der Waals surface area contributed by atoms with Crippen LogP contribution < -0.4 is 10.2 Å². The summed E-state index contributed by atoms with van der Waals surface area (Å²) in [4.78, 5) is 2.57. The zero-order valence-corrected chi connectivity index (χ0v) is 8.96. The molecule has 0 aliphatic carbocycles. The number of rotatable bonds is 0. The summed E-state index contributed by atoms with van der Waals surface area (Å²) in [6.07, 6.45) is 0. The molecule has 0 bridgehead atoms. The zero-order valence-electron chi connectivity index (χ0n) is 7.32. The zero-order chi connectivity index (χ0) is 8.67. The molecule has 1 atom stereocenters. The van der Waals surface area contributed by atoms with Crippen LogP contribution in [0.5, 0.6) is 0 Å². The van der Waals surface area contributed by atoms with Crippen LogP contribution >= 0.6 is 23.1 Å². The van der Waals surface area contributed by atoms with Crippen molar-refractivity contribution < 1.29 is 0 Å². The first-order valence-corrected chi connectivity index (χ1v) is 6.69. The van der Waals surface area contributed by atoms with Gasteiger partial charge in [0.05, 0.1) is 17.4 Å². The van der Waals surface area contributed by atoms with E-state index < -0.39 is 0 Å². The lowest BCUT2D eigenvalue weighted by atomic mass is 10.2. The molecule has 1 fully saturated rings. The molecule has 0 spiro atoms. The highest BCUT2D eigenvalue weighted by Gasteiger charge is 2.28. The third kappa shape index (κ3) is 1.23. The van der Waals surface area contributed by atoms with Crippen molar-refractivity contribution in [3.05, 3.63) is 10.8 Å². The summed E-state index contributed by atoms with van der Waals surface area (Å²) < 4.78 is 0. The molecule has 13 heavy (non-hydrogen) atoms. The Morgan fingerprint density at radius 3 is 3.46 bits per heavy atom. The molecule has 2 nitrogen and oxygen atoms in total. The second kappa shape index (κ2) is 3.10. The number of thiophene rings is 1. The number of nitrogens with one attached hydrogen (secondary N) is 1. The quantitative estimate of drug-likeness (QED) is 0.709. The maximum Gasteiger partial charge on any atom is 0.0714 e. The van der Waals surface area contributed by atoms with Gasteiger partial charge in [-0.3, -0.25) is 0 Å². The van der Waals surface area contributed by atoms with Gasteiger partial charge in [0.2, 0.25) is 0 Å². The normalized spacial score (nSPS) is 26.2. The Morgan fingerprint density at radius 1 is 1.46 bits per heavy atom. The van der Waals surface area contributed by atoms with E-state index in [0.29, 0.717) is 0 Å². The van der Waals surface area contributed by atoms with E-state index in [9.17, 15) is 0 Å². The average Bonchev–Trinajstić information content (AvgIpc) is 2.65. The Labute approximate surface area is 86.3 Å². The smallest absolute Gasteiger partial charge is 0.0714 e. The van der Waals surface area contributed by atoms with Gasteiger partial charge in [-0.05, 0) is 0 Å². The molecule has 1 aromatic heterocycles. The molecule has 3 rings (SSSR count). The molecular weight excluding hydrogens is 200 g/mol. The maximum absolute atomic E-state index is 3.50. The molecule has 2 aliphatic rings. The first kappa shape index (κ1) is 8.00. The van der Waals surface area contributed by atoms with Crippen LogP contribution in [0.1, 0.15) is 0 Å². The molecule has 1 aromatic rings. The van der Waals surface area contributed by atoms with Crippen LogP contribution in [0.3, 0.4) is 0 Å². The minimum absolute atomic E-state index is 0.723. The van der Waals surface area contributed by atoms with E-state index in [0.717, 1.165) is 12.6 Å². The largest absolute Gasteiger partial charge is 0.381 e. The molecule has 3 heterocycles. The van der Waals surface area contributed by atoms with Crippen LogP contribution in [-0.4, -0.2) is 30.6 Å². The molecule has 70 valence electrons. The third-order valence-corrected chi connectivity index (χ3v) is 4.53. The van der Waals surface area contributed by atoms with E-state index in [-0.39, 0.29) is 0 Å². The monoisotopic (exact) mass is 212 g/mol. The standard InChI is InChI=1S/C9H12N2S2/c1-2-12-4-7-3-10-8-5-13-6-9(8)11(1)7/h5-7,10H,1-4H2. The van der Waals surface area contributed by atoms with Crippen molar-refractivity contribution in [3.63, 3.8) is 0 Å². The fourth-order valence-electron chi connectivity index (χ4n) is 2.01. The number of fused-ring (bicyclic) bond motifs is 3. The van der Waals surface area contributed by atoms with E-state index in [1.54, 1.807) is 11.3 Å². The van der Waals surface area contributed by atoms with Gasteiger partial charge in [0, 0.05) is 35.4 Å². The Bertz CT molecular complexity index is 310. The molecule has 0 radical (unpaired) electrons. The molecular formula is C9H12N2S2. The van der Waals surface area contributed by atoms with Crippen molar-refractivity contribution >= 4 is 34.5 Å². The van der Waals surface area contributed by atoms with Crippen LogP contribution in [0.4, 0.5) is 11.4 Å². The number of nitrogens with zero attached hydrogens (tertiary/aromatic N) is 1. The van der Waals surface area contributed by atoms with Gasteiger partial charge in [-0.2, -0.15) is 11.8 Å². The summed E-state index contributed by atoms with van der Waals surface area (Å²) in [6.45, 7) is 2.34. The summed E-state index contributed by atoms with van der Waals surface area (Å²) in [5, 5.41) is 7.98.